The average molecular weight is 417 g/mol. The molecule has 0 saturated carbocycles. The first kappa shape index (κ1) is 18.9. The molecule has 152 valence electrons. The molecule has 5 rings (SSSR count). The van der Waals surface area contributed by atoms with Crippen LogP contribution >= 0.6 is 11.3 Å². The number of hydrogen-bond donors (Lipinski definition) is 1. The predicted molar refractivity (Wildman–Crippen MR) is 125 cm³/mol. The van der Waals surface area contributed by atoms with Gasteiger partial charge in [0.05, 0.1) is 12.0 Å². The number of aromatic nitrogens is 2. The van der Waals surface area contributed by atoms with E-state index in [9.17, 15) is 0 Å². The molecule has 1 aliphatic rings. The molecule has 0 radical (unpaired) electrons. The number of fused-ring (bicyclic) bond motifs is 1. The van der Waals surface area contributed by atoms with Crippen molar-refractivity contribution in [2.24, 2.45) is 0 Å². The van der Waals surface area contributed by atoms with Crippen molar-refractivity contribution in [2.45, 2.75) is 19.8 Å². The van der Waals surface area contributed by atoms with Gasteiger partial charge in [0, 0.05) is 35.4 Å². The minimum Gasteiger partial charge on any atom is -0.494 e. The molecule has 30 heavy (non-hydrogen) atoms. The van der Waals surface area contributed by atoms with Crippen molar-refractivity contribution < 1.29 is 4.74 Å². The molecule has 0 aliphatic carbocycles. The summed E-state index contributed by atoms with van der Waals surface area (Å²) in [5, 5.41) is 6.71. The number of nitrogens with one attached hydrogen (secondary N) is 1. The molecule has 0 bridgehead atoms. The van der Waals surface area contributed by atoms with Crippen LogP contribution in [0.5, 0.6) is 5.75 Å². The van der Waals surface area contributed by atoms with Gasteiger partial charge in [0.2, 0.25) is 0 Å². The zero-order chi connectivity index (χ0) is 20.3. The van der Waals surface area contributed by atoms with Gasteiger partial charge >= 0.3 is 0 Å². The summed E-state index contributed by atoms with van der Waals surface area (Å²) in [7, 11) is 0. The van der Waals surface area contributed by atoms with E-state index in [1.54, 1.807) is 17.7 Å². The Hall–Kier alpha value is -3.12. The molecule has 0 unspecified atom stereocenters. The molecule has 1 N–H and O–H groups in total. The molecular weight excluding hydrogens is 392 g/mol. The molecule has 2 aromatic carbocycles. The van der Waals surface area contributed by atoms with E-state index in [4.69, 9.17) is 4.74 Å². The van der Waals surface area contributed by atoms with Crippen LogP contribution in [0, 0.1) is 0 Å². The molecule has 1 aliphatic heterocycles. The zero-order valence-electron chi connectivity index (χ0n) is 17.0. The van der Waals surface area contributed by atoms with Crippen LogP contribution in [0.2, 0.25) is 0 Å². The lowest BCUT2D eigenvalue weighted by Gasteiger charge is -2.18. The topological polar surface area (TPSA) is 50.3 Å². The number of thiophene rings is 1. The summed E-state index contributed by atoms with van der Waals surface area (Å²) in [6, 6.07) is 16.8. The second kappa shape index (κ2) is 8.32. The predicted octanol–water partition coefficient (Wildman–Crippen LogP) is 6.10. The van der Waals surface area contributed by atoms with Gasteiger partial charge in [-0.2, -0.15) is 0 Å². The van der Waals surface area contributed by atoms with Crippen molar-refractivity contribution >= 4 is 38.7 Å². The number of hydrogen-bond acceptors (Lipinski definition) is 6. The molecule has 1 saturated heterocycles. The first-order valence-corrected chi connectivity index (χ1v) is 11.3. The molecule has 3 heterocycles. The fourth-order valence-electron chi connectivity index (χ4n) is 3.95. The van der Waals surface area contributed by atoms with E-state index >= 15 is 0 Å². The maximum absolute atomic E-state index is 5.58. The van der Waals surface area contributed by atoms with Gasteiger partial charge in [-0.25, -0.2) is 9.97 Å². The van der Waals surface area contributed by atoms with Crippen LogP contribution in [-0.2, 0) is 0 Å². The Morgan fingerprint density at radius 3 is 2.50 bits per heavy atom. The van der Waals surface area contributed by atoms with Gasteiger partial charge in [0.25, 0.3) is 0 Å². The highest BCUT2D eigenvalue weighted by atomic mass is 32.1. The summed E-state index contributed by atoms with van der Waals surface area (Å²) < 4.78 is 5.58. The number of nitrogens with zero attached hydrogens (tertiary/aromatic N) is 3. The van der Waals surface area contributed by atoms with Crippen LogP contribution < -0.4 is 15.0 Å². The van der Waals surface area contributed by atoms with E-state index in [1.165, 1.54) is 18.5 Å². The number of rotatable bonds is 6. The fraction of sp³-hybridized carbons (Fsp3) is 0.250. The van der Waals surface area contributed by atoms with E-state index in [2.05, 4.69) is 62.0 Å². The summed E-state index contributed by atoms with van der Waals surface area (Å²) in [6.07, 6.45) is 4.19. The summed E-state index contributed by atoms with van der Waals surface area (Å²) in [4.78, 5) is 12.5. The monoisotopic (exact) mass is 416 g/mol. The van der Waals surface area contributed by atoms with Crippen molar-refractivity contribution in [2.75, 3.05) is 29.9 Å². The van der Waals surface area contributed by atoms with E-state index in [0.29, 0.717) is 6.61 Å². The largest absolute Gasteiger partial charge is 0.494 e. The Balaban J connectivity index is 1.45. The lowest BCUT2D eigenvalue weighted by molar-refractivity contribution is 0.340. The van der Waals surface area contributed by atoms with Crippen LogP contribution in [0.1, 0.15) is 19.8 Å². The molecule has 5 nitrogen and oxygen atoms in total. The SMILES string of the molecule is CCOc1ccc(-c2csc3ncnc(Nc4ccc(N5CCCC5)cc4)c23)cc1. The van der Waals surface area contributed by atoms with Crippen molar-refractivity contribution in [3.8, 4) is 16.9 Å². The van der Waals surface area contributed by atoms with Crippen LogP contribution in [-0.4, -0.2) is 29.7 Å². The van der Waals surface area contributed by atoms with Gasteiger partial charge in [-0.3, -0.25) is 0 Å². The molecular formula is C24H24N4OS. The number of benzene rings is 2. The highest BCUT2D eigenvalue weighted by molar-refractivity contribution is 7.17. The normalized spacial score (nSPS) is 13.7. The van der Waals surface area contributed by atoms with Gasteiger partial charge in [-0.15, -0.1) is 11.3 Å². The second-order valence-corrected chi connectivity index (χ2v) is 8.23. The maximum Gasteiger partial charge on any atom is 0.143 e. The molecule has 6 heteroatoms. The first-order chi connectivity index (χ1) is 14.8. The minimum atomic E-state index is 0.666. The third-order valence-corrected chi connectivity index (χ3v) is 6.33. The van der Waals surface area contributed by atoms with Crippen molar-refractivity contribution in [3.05, 3.63) is 60.2 Å². The van der Waals surface area contributed by atoms with Gasteiger partial charge in [0.15, 0.2) is 0 Å². The van der Waals surface area contributed by atoms with Crippen LogP contribution in [0.4, 0.5) is 17.2 Å². The fourth-order valence-corrected chi connectivity index (χ4v) is 4.86. The minimum absolute atomic E-state index is 0.666. The standard InChI is InChI=1S/C24H24N4OS/c1-2-29-20-11-5-17(6-12-20)21-15-30-24-22(21)23(25-16-26-24)27-18-7-9-19(10-8-18)28-13-3-4-14-28/h5-12,15-16H,2-4,13-14H2,1H3,(H,25,26,27). The van der Waals surface area contributed by atoms with Crippen molar-refractivity contribution in [1.82, 2.24) is 9.97 Å². The Labute approximate surface area is 180 Å². The maximum atomic E-state index is 5.58. The smallest absolute Gasteiger partial charge is 0.143 e. The van der Waals surface area contributed by atoms with Crippen LogP contribution in [0.25, 0.3) is 21.3 Å². The summed E-state index contributed by atoms with van der Waals surface area (Å²) >= 11 is 1.64. The number of anilines is 3. The third kappa shape index (κ3) is 3.71. The van der Waals surface area contributed by atoms with Crippen LogP contribution in [0.3, 0.4) is 0 Å². The summed E-state index contributed by atoms with van der Waals surface area (Å²) in [5.74, 6) is 1.72. The Morgan fingerprint density at radius 2 is 1.77 bits per heavy atom. The quantitative estimate of drug-likeness (QED) is 0.411. The van der Waals surface area contributed by atoms with E-state index < -0.39 is 0 Å². The van der Waals surface area contributed by atoms with Crippen molar-refractivity contribution in [1.29, 1.82) is 0 Å². The lowest BCUT2D eigenvalue weighted by Crippen LogP contribution is -2.17. The molecule has 0 amide bonds. The highest BCUT2D eigenvalue weighted by Crippen LogP contribution is 2.38. The molecule has 0 spiro atoms. The lowest BCUT2D eigenvalue weighted by atomic mass is 10.1. The third-order valence-electron chi connectivity index (χ3n) is 5.45. The number of ether oxygens (including phenoxy) is 1. The molecule has 0 atom stereocenters. The Morgan fingerprint density at radius 1 is 1.00 bits per heavy atom. The zero-order valence-corrected chi connectivity index (χ0v) is 17.8. The van der Waals surface area contributed by atoms with Crippen LogP contribution in [0.15, 0.2) is 60.2 Å². The molecule has 2 aromatic heterocycles. The van der Waals surface area contributed by atoms with Gasteiger partial charge in [-0.1, -0.05) is 12.1 Å². The first-order valence-electron chi connectivity index (χ1n) is 10.4. The molecule has 4 aromatic rings. The Bertz CT molecular complexity index is 1130. The van der Waals surface area contributed by atoms with E-state index in [-0.39, 0.29) is 0 Å². The van der Waals surface area contributed by atoms with Gasteiger partial charge < -0.3 is 15.0 Å². The average Bonchev–Trinajstić information content (AvgIpc) is 3.46. The van der Waals surface area contributed by atoms with E-state index in [0.717, 1.165) is 51.7 Å². The van der Waals surface area contributed by atoms with E-state index in [1.807, 2.05) is 19.1 Å². The Kier molecular flexibility index (Phi) is 5.24. The summed E-state index contributed by atoms with van der Waals surface area (Å²) in [6.45, 7) is 4.96. The summed E-state index contributed by atoms with van der Waals surface area (Å²) in [5.41, 5.74) is 4.58. The molecule has 1 fully saturated rings. The van der Waals surface area contributed by atoms with Crippen molar-refractivity contribution in [3.63, 3.8) is 0 Å². The van der Waals surface area contributed by atoms with Gasteiger partial charge in [-0.05, 0) is 61.7 Å². The second-order valence-electron chi connectivity index (χ2n) is 7.38. The van der Waals surface area contributed by atoms with Gasteiger partial charge in [0.1, 0.15) is 22.7 Å². The highest BCUT2D eigenvalue weighted by Gasteiger charge is 2.15.